The molecule has 2 aliphatic carbocycles. The van der Waals surface area contributed by atoms with Crippen LogP contribution in [0.25, 0.3) is 0 Å². The van der Waals surface area contributed by atoms with Crippen LogP contribution in [-0.4, -0.2) is 61.0 Å². The summed E-state index contributed by atoms with van der Waals surface area (Å²) in [6, 6.07) is 0. The molecule has 5 nitrogen and oxygen atoms in total. The number of carbonyl (C=O) groups excluding carboxylic acids is 1. The van der Waals surface area contributed by atoms with Crippen molar-refractivity contribution in [1.82, 2.24) is 4.90 Å². The molecule has 5 rings (SSSR count). The predicted octanol–water partition coefficient (Wildman–Crippen LogP) is 2.62. The Morgan fingerprint density at radius 1 is 1.19 bits per heavy atom. The zero-order chi connectivity index (χ0) is 18.1. The van der Waals surface area contributed by atoms with Gasteiger partial charge in [0.05, 0.1) is 30.3 Å². The summed E-state index contributed by atoms with van der Waals surface area (Å²) in [4.78, 5) is 15.2. The molecule has 0 amide bonds. The minimum Gasteiger partial charge on any atom is -0.462 e. The molecule has 146 valence electrons. The molecule has 2 saturated carbocycles. The monoisotopic (exact) mass is 363 g/mol. The van der Waals surface area contributed by atoms with E-state index in [0.29, 0.717) is 11.8 Å². The van der Waals surface area contributed by atoms with Gasteiger partial charge in [0.1, 0.15) is 6.10 Å². The molecule has 0 aromatic heterocycles. The molecule has 3 saturated heterocycles. The number of carbonyl (C=O) groups is 1. The summed E-state index contributed by atoms with van der Waals surface area (Å²) < 4.78 is 17.8. The third-order valence-corrected chi connectivity index (χ3v) is 8.03. The normalized spacial score (nSPS) is 53.9. The topological polar surface area (TPSA) is 51.3 Å². The number of ether oxygens (including phenoxy) is 3. The third kappa shape index (κ3) is 2.73. The molecule has 0 aromatic carbocycles. The highest BCUT2D eigenvalue weighted by Crippen LogP contribution is 2.62. The molecule has 26 heavy (non-hydrogen) atoms. The fourth-order valence-electron chi connectivity index (χ4n) is 6.88. The van der Waals surface area contributed by atoms with Gasteiger partial charge >= 0.3 is 5.97 Å². The Morgan fingerprint density at radius 2 is 1.92 bits per heavy atom. The minimum absolute atomic E-state index is 0.0276. The van der Waals surface area contributed by atoms with E-state index in [4.69, 9.17) is 14.2 Å². The number of nitrogens with zero attached hydrogens (tertiary/aromatic N) is 1. The van der Waals surface area contributed by atoms with E-state index in [1.165, 1.54) is 19.3 Å². The Kier molecular flexibility index (Phi) is 3.97. The van der Waals surface area contributed by atoms with Crippen LogP contribution >= 0.6 is 0 Å². The molecule has 5 heteroatoms. The molecule has 5 aliphatic rings. The van der Waals surface area contributed by atoms with Gasteiger partial charge < -0.3 is 14.2 Å². The fourth-order valence-corrected chi connectivity index (χ4v) is 6.88. The van der Waals surface area contributed by atoms with Crippen molar-refractivity contribution in [3.8, 4) is 0 Å². The summed E-state index contributed by atoms with van der Waals surface area (Å²) in [7, 11) is 0. The second-order valence-electron chi connectivity index (χ2n) is 10.1. The van der Waals surface area contributed by atoms with Crippen molar-refractivity contribution in [2.45, 2.75) is 76.8 Å². The number of hydrogen-bond acceptors (Lipinski definition) is 5. The first-order chi connectivity index (χ1) is 12.4. The van der Waals surface area contributed by atoms with E-state index in [2.05, 4.69) is 25.7 Å². The lowest BCUT2D eigenvalue weighted by atomic mass is 9.53. The lowest BCUT2D eigenvalue weighted by Crippen LogP contribution is -2.52. The van der Waals surface area contributed by atoms with Crippen molar-refractivity contribution in [2.24, 2.45) is 23.2 Å². The Balaban J connectivity index is 1.34. The number of fused-ring (bicyclic) bond motifs is 3. The van der Waals surface area contributed by atoms with Crippen molar-refractivity contribution in [3.05, 3.63) is 0 Å². The average Bonchev–Trinajstić information content (AvgIpc) is 3.25. The number of hydrogen-bond donors (Lipinski definition) is 0. The predicted molar refractivity (Wildman–Crippen MR) is 96.7 cm³/mol. The van der Waals surface area contributed by atoms with Crippen LogP contribution in [0.4, 0.5) is 0 Å². The maximum Gasteiger partial charge on any atom is 0.310 e. The number of esters is 1. The van der Waals surface area contributed by atoms with Crippen LogP contribution in [0.2, 0.25) is 0 Å². The van der Waals surface area contributed by atoms with E-state index in [1.54, 1.807) is 0 Å². The van der Waals surface area contributed by atoms with Gasteiger partial charge in [0.15, 0.2) is 0 Å². The Morgan fingerprint density at radius 3 is 2.62 bits per heavy atom. The van der Waals surface area contributed by atoms with E-state index in [1.807, 2.05) is 0 Å². The molecule has 0 unspecified atom stereocenters. The van der Waals surface area contributed by atoms with Gasteiger partial charge in [0.2, 0.25) is 0 Å². The van der Waals surface area contributed by atoms with Crippen LogP contribution < -0.4 is 0 Å². The van der Waals surface area contributed by atoms with Gasteiger partial charge in [0, 0.05) is 25.6 Å². The first kappa shape index (κ1) is 17.4. The largest absolute Gasteiger partial charge is 0.462 e. The minimum atomic E-state index is 0.0276. The van der Waals surface area contributed by atoms with E-state index in [9.17, 15) is 4.79 Å². The van der Waals surface area contributed by atoms with Gasteiger partial charge in [-0.15, -0.1) is 0 Å². The smallest absolute Gasteiger partial charge is 0.310 e. The summed E-state index contributed by atoms with van der Waals surface area (Å²) in [6.45, 7) is 10.3. The zero-order valence-corrected chi connectivity index (χ0v) is 16.4. The fraction of sp³-hybridized carbons (Fsp3) is 0.952. The van der Waals surface area contributed by atoms with Crippen LogP contribution in [-0.2, 0) is 19.0 Å². The highest BCUT2D eigenvalue weighted by molar-refractivity contribution is 5.75. The highest BCUT2D eigenvalue weighted by atomic mass is 16.6. The molecule has 5 fully saturated rings. The van der Waals surface area contributed by atoms with E-state index in [0.717, 1.165) is 39.1 Å². The molecular weight excluding hydrogens is 330 g/mol. The quantitative estimate of drug-likeness (QED) is 0.558. The van der Waals surface area contributed by atoms with Gasteiger partial charge in [0.25, 0.3) is 0 Å². The molecule has 1 spiro atoms. The van der Waals surface area contributed by atoms with Crippen LogP contribution in [0.5, 0.6) is 0 Å². The van der Waals surface area contributed by atoms with Crippen LogP contribution in [0.15, 0.2) is 0 Å². The zero-order valence-electron chi connectivity index (χ0n) is 16.4. The van der Waals surface area contributed by atoms with Gasteiger partial charge in [-0.1, -0.05) is 6.92 Å². The van der Waals surface area contributed by atoms with Gasteiger partial charge in [-0.25, -0.2) is 0 Å². The SMILES string of the molecule is C[C@@H]1CN(C[C@H]2C(=O)O[C@@H]3C[C@@]4(C)CCC[C@@]5(CO5)[C@@H]4C[C@@H]32)C[C@@H](C)O1. The van der Waals surface area contributed by atoms with Crippen molar-refractivity contribution >= 4 is 5.97 Å². The second-order valence-corrected chi connectivity index (χ2v) is 10.1. The van der Waals surface area contributed by atoms with E-state index in [-0.39, 0.29) is 41.2 Å². The van der Waals surface area contributed by atoms with Gasteiger partial charge in [-0.2, -0.15) is 0 Å². The van der Waals surface area contributed by atoms with Crippen LogP contribution in [0.3, 0.4) is 0 Å². The van der Waals surface area contributed by atoms with Crippen molar-refractivity contribution < 1.29 is 19.0 Å². The summed E-state index contributed by atoms with van der Waals surface area (Å²) in [5, 5.41) is 0. The molecule has 0 bridgehead atoms. The van der Waals surface area contributed by atoms with E-state index >= 15 is 0 Å². The summed E-state index contributed by atoms with van der Waals surface area (Å²) in [5.74, 6) is 1.04. The number of morpholine rings is 1. The molecule has 0 radical (unpaired) electrons. The Hall–Kier alpha value is -0.650. The van der Waals surface area contributed by atoms with Gasteiger partial charge in [-0.05, 0) is 57.3 Å². The second kappa shape index (κ2) is 5.92. The molecular formula is C21H33NO4. The molecule has 3 aliphatic heterocycles. The molecule has 8 atom stereocenters. The number of rotatable bonds is 2. The lowest BCUT2D eigenvalue weighted by molar-refractivity contribution is -0.147. The van der Waals surface area contributed by atoms with Crippen molar-refractivity contribution in [3.63, 3.8) is 0 Å². The Labute approximate surface area is 156 Å². The average molecular weight is 363 g/mol. The van der Waals surface area contributed by atoms with Crippen molar-refractivity contribution in [1.29, 1.82) is 0 Å². The van der Waals surface area contributed by atoms with Crippen LogP contribution in [0.1, 0.15) is 52.9 Å². The first-order valence-electron chi connectivity index (χ1n) is 10.6. The van der Waals surface area contributed by atoms with Gasteiger partial charge in [-0.3, -0.25) is 9.69 Å². The standard InChI is InChI=1S/C21H33NO4/c1-13-9-22(10-14(2)25-13)11-16-15-7-18-20(3,8-17(15)26-19(16)23)5-4-6-21(18)12-24-21/h13-18H,4-12H2,1-3H3/t13-,14-,15-,16-,17-,18-,20-,21-/m1/s1. The number of epoxide rings is 1. The highest BCUT2D eigenvalue weighted by Gasteiger charge is 2.65. The molecule has 0 N–H and O–H groups in total. The maximum absolute atomic E-state index is 12.8. The third-order valence-electron chi connectivity index (χ3n) is 8.03. The van der Waals surface area contributed by atoms with Crippen LogP contribution in [0, 0.1) is 23.2 Å². The first-order valence-corrected chi connectivity index (χ1v) is 10.6. The summed E-state index contributed by atoms with van der Waals surface area (Å²) in [5.41, 5.74) is 0.420. The Bertz CT molecular complexity index is 581. The lowest BCUT2D eigenvalue weighted by Gasteiger charge is -2.51. The van der Waals surface area contributed by atoms with E-state index < -0.39 is 0 Å². The van der Waals surface area contributed by atoms with Crippen molar-refractivity contribution in [2.75, 3.05) is 26.2 Å². The molecule has 3 heterocycles. The molecule has 0 aromatic rings. The summed E-state index contributed by atoms with van der Waals surface area (Å²) in [6.07, 6.45) is 6.46. The maximum atomic E-state index is 12.8. The summed E-state index contributed by atoms with van der Waals surface area (Å²) >= 11 is 0.